The summed E-state index contributed by atoms with van der Waals surface area (Å²) in [5.41, 5.74) is 5.92. The van der Waals surface area contributed by atoms with E-state index in [9.17, 15) is 14.4 Å². The summed E-state index contributed by atoms with van der Waals surface area (Å²) in [5, 5.41) is 5.05. The van der Waals surface area contributed by atoms with Gasteiger partial charge in [-0.25, -0.2) is 9.78 Å². The van der Waals surface area contributed by atoms with Gasteiger partial charge in [0.05, 0.1) is 6.33 Å². The Kier molecular flexibility index (Phi) is 6.75. The van der Waals surface area contributed by atoms with Crippen molar-refractivity contribution in [2.75, 3.05) is 11.9 Å². The molecule has 0 saturated carbocycles. The molecule has 0 aliphatic rings. The summed E-state index contributed by atoms with van der Waals surface area (Å²) in [4.78, 5) is 39.6. The smallest absolute Gasteiger partial charge is 0.407 e. The lowest BCUT2D eigenvalue weighted by Crippen LogP contribution is -2.34. The van der Waals surface area contributed by atoms with Gasteiger partial charge >= 0.3 is 6.09 Å². The number of nitrogens with one attached hydrogen (secondary N) is 2. The third kappa shape index (κ3) is 6.42. The molecule has 0 atom stereocenters. The van der Waals surface area contributed by atoms with E-state index in [-0.39, 0.29) is 24.5 Å². The van der Waals surface area contributed by atoms with Crippen LogP contribution >= 0.6 is 0 Å². The van der Waals surface area contributed by atoms with Gasteiger partial charge in [0.1, 0.15) is 5.60 Å². The van der Waals surface area contributed by atoms with Crippen molar-refractivity contribution in [3.05, 3.63) is 47.9 Å². The molecule has 1 heterocycles. The SMILES string of the molecule is CC(C)(C)OC(=O)NCCC(=O)Nc1ncn(Cc2ccccc2)c1C(N)=O. The van der Waals surface area contributed by atoms with E-state index in [1.807, 2.05) is 30.3 Å². The van der Waals surface area contributed by atoms with Crippen LogP contribution in [0.1, 0.15) is 43.2 Å². The Morgan fingerprint density at radius 2 is 1.86 bits per heavy atom. The van der Waals surface area contributed by atoms with Crippen LogP contribution in [0.4, 0.5) is 10.6 Å². The Labute approximate surface area is 163 Å². The highest BCUT2D eigenvalue weighted by Crippen LogP contribution is 2.15. The van der Waals surface area contributed by atoms with Gasteiger partial charge in [-0.2, -0.15) is 0 Å². The highest BCUT2D eigenvalue weighted by atomic mass is 16.6. The summed E-state index contributed by atoms with van der Waals surface area (Å²) in [5.74, 6) is -1.02. The van der Waals surface area contributed by atoms with E-state index in [1.165, 1.54) is 6.33 Å². The first kappa shape index (κ1) is 20.9. The third-order valence-electron chi connectivity index (χ3n) is 3.54. The normalized spacial score (nSPS) is 11.0. The van der Waals surface area contributed by atoms with Gasteiger partial charge in [-0.05, 0) is 26.3 Å². The third-order valence-corrected chi connectivity index (χ3v) is 3.54. The summed E-state index contributed by atoms with van der Waals surface area (Å²) in [6, 6.07) is 9.48. The molecule has 0 aliphatic carbocycles. The van der Waals surface area contributed by atoms with Crippen LogP contribution in [-0.4, -0.2) is 39.6 Å². The average Bonchev–Trinajstić information content (AvgIpc) is 2.96. The minimum Gasteiger partial charge on any atom is -0.444 e. The van der Waals surface area contributed by atoms with Crippen molar-refractivity contribution >= 4 is 23.7 Å². The van der Waals surface area contributed by atoms with Crippen LogP contribution in [0.2, 0.25) is 0 Å². The second kappa shape index (κ2) is 9.03. The van der Waals surface area contributed by atoms with Gasteiger partial charge in [0.25, 0.3) is 5.91 Å². The van der Waals surface area contributed by atoms with Crippen LogP contribution < -0.4 is 16.4 Å². The lowest BCUT2D eigenvalue weighted by atomic mass is 10.2. The number of alkyl carbamates (subject to hydrolysis) is 1. The predicted molar refractivity (Wildman–Crippen MR) is 104 cm³/mol. The van der Waals surface area contributed by atoms with Gasteiger partial charge in [0.2, 0.25) is 5.91 Å². The minimum atomic E-state index is -0.699. The van der Waals surface area contributed by atoms with E-state index in [1.54, 1.807) is 25.3 Å². The first-order valence-corrected chi connectivity index (χ1v) is 8.81. The summed E-state index contributed by atoms with van der Waals surface area (Å²) < 4.78 is 6.67. The van der Waals surface area contributed by atoms with E-state index in [4.69, 9.17) is 10.5 Å². The number of carbonyl (C=O) groups is 3. The second-order valence-electron chi connectivity index (χ2n) is 7.15. The number of ether oxygens (including phenoxy) is 1. The van der Waals surface area contributed by atoms with Crippen molar-refractivity contribution < 1.29 is 19.1 Å². The molecule has 0 unspecified atom stereocenters. The van der Waals surface area contributed by atoms with Crippen molar-refractivity contribution in [1.29, 1.82) is 0 Å². The van der Waals surface area contributed by atoms with E-state index in [2.05, 4.69) is 15.6 Å². The van der Waals surface area contributed by atoms with E-state index >= 15 is 0 Å². The Bertz CT molecular complexity index is 840. The molecule has 9 heteroatoms. The molecular weight excluding hydrogens is 362 g/mol. The molecule has 9 nitrogen and oxygen atoms in total. The first-order valence-electron chi connectivity index (χ1n) is 8.81. The van der Waals surface area contributed by atoms with Gasteiger partial charge < -0.3 is 25.7 Å². The number of imidazole rings is 1. The van der Waals surface area contributed by atoms with E-state index in [0.717, 1.165) is 5.56 Å². The minimum absolute atomic E-state index is 0.0109. The standard InChI is InChI=1S/C19H25N5O4/c1-19(2,3)28-18(27)21-10-9-14(25)23-17-15(16(20)26)24(12-22-17)11-13-7-5-4-6-8-13/h4-8,12H,9-11H2,1-3H3,(H2,20,26)(H,21,27)(H,23,25). The molecule has 0 saturated heterocycles. The molecule has 1 aromatic heterocycles. The Morgan fingerprint density at radius 3 is 2.46 bits per heavy atom. The fourth-order valence-electron chi connectivity index (χ4n) is 2.42. The molecule has 0 fully saturated rings. The van der Waals surface area contributed by atoms with Crippen LogP contribution in [0.3, 0.4) is 0 Å². The molecular formula is C19H25N5O4. The molecule has 4 N–H and O–H groups in total. The van der Waals surface area contributed by atoms with Gasteiger partial charge in [-0.15, -0.1) is 0 Å². The Morgan fingerprint density at radius 1 is 1.18 bits per heavy atom. The zero-order valence-corrected chi connectivity index (χ0v) is 16.2. The zero-order valence-electron chi connectivity index (χ0n) is 16.2. The zero-order chi connectivity index (χ0) is 20.7. The van der Waals surface area contributed by atoms with Gasteiger partial charge in [-0.3, -0.25) is 9.59 Å². The number of benzene rings is 1. The monoisotopic (exact) mass is 387 g/mol. The number of aromatic nitrogens is 2. The molecule has 0 aliphatic heterocycles. The summed E-state index contributed by atoms with van der Waals surface area (Å²) >= 11 is 0. The topological polar surface area (TPSA) is 128 Å². The van der Waals surface area contributed by atoms with E-state index < -0.39 is 23.5 Å². The highest BCUT2D eigenvalue weighted by molar-refractivity contribution is 6.00. The molecule has 28 heavy (non-hydrogen) atoms. The molecule has 150 valence electrons. The maximum absolute atomic E-state index is 12.1. The molecule has 2 rings (SSSR count). The molecule has 3 amide bonds. The van der Waals surface area contributed by atoms with Gasteiger partial charge in [0, 0.05) is 19.5 Å². The fourth-order valence-corrected chi connectivity index (χ4v) is 2.42. The van der Waals surface area contributed by atoms with Gasteiger partial charge in [-0.1, -0.05) is 30.3 Å². The lowest BCUT2D eigenvalue weighted by Gasteiger charge is -2.19. The van der Waals surface area contributed by atoms with Crippen molar-refractivity contribution in [1.82, 2.24) is 14.9 Å². The number of hydrogen-bond acceptors (Lipinski definition) is 5. The first-order chi connectivity index (χ1) is 13.2. The fraction of sp³-hybridized carbons (Fsp3) is 0.368. The average molecular weight is 387 g/mol. The summed E-state index contributed by atoms with van der Waals surface area (Å²) in [6.07, 6.45) is 0.829. The lowest BCUT2D eigenvalue weighted by molar-refractivity contribution is -0.116. The second-order valence-corrected chi connectivity index (χ2v) is 7.15. The number of primary amides is 1. The quantitative estimate of drug-likeness (QED) is 0.668. The number of carbonyl (C=O) groups excluding carboxylic acids is 3. The highest BCUT2D eigenvalue weighted by Gasteiger charge is 2.19. The molecule has 0 bridgehead atoms. The number of nitrogens with zero attached hydrogens (tertiary/aromatic N) is 2. The van der Waals surface area contributed by atoms with Crippen LogP contribution in [0.15, 0.2) is 36.7 Å². The van der Waals surface area contributed by atoms with Crippen molar-refractivity contribution in [3.8, 4) is 0 Å². The largest absolute Gasteiger partial charge is 0.444 e. The van der Waals surface area contributed by atoms with Gasteiger partial charge in [0.15, 0.2) is 11.5 Å². The number of nitrogens with two attached hydrogens (primary N) is 1. The maximum atomic E-state index is 12.1. The van der Waals surface area contributed by atoms with Crippen LogP contribution in [-0.2, 0) is 16.1 Å². The van der Waals surface area contributed by atoms with Crippen molar-refractivity contribution in [3.63, 3.8) is 0 Å². The Balaban J connectivity index is 1.95. The molecule has 1 aromatic carbocycles. The van der Waals surface area contributed by atoms with Crippen LogP contribution in [0, 0.1) is 0 Å². The number of anilines is 1. The van der Waals surface area contributed by atoms with E-state index in [0.29, 0.717) is 6.54 Å². The number of rotatable bonds is 7. The number of hydrogen-bond donors (Lipinski definition) is 3. The van der Waals surface area contributed by atoms with Crippen molar-refractivity contribution in [2.45, 2.75) is 39.3 Å². The maximum Gasteiger partial charge on any atom is 0.407 e. The van der Waals surface area contributed by atoms with Crippen LogP contribution in [0.25, 0.3) is 0 Å². The number of amides is 3. The Hall–Kier alpha value is -3.36. The molecule has 0 spiro atoms. The van der Waals surface area contributed by atoms with Crippen molar-refractivity contribution in [2.24, 2.45) is 5.73 Å². The molecule has 0 radical (unpaired) electrons. The molecule has 2 aromatic rings. The summed E-state index contributed by atoms with van der Waals surface area (Å²) in [7, 11) is 0. The van der Waals surface area contributed by atoms with Crippen LogP contribution in [0.5, 0.6) is 0 Å². The predicted octanol–water partition coefficient (Wildman–Crippen LogP) is 1.88. The summed E-state index contributed by atoms with van der Waals surface area (Å²) in [6.45, 7) is 5.71.